The summed E-state index contributed by atoms with van der Waals surface area (Å²) in [6, 6.07) is 20.1. The number of hydrogen-bond acceptors (Lipinski definition) is 5. The highest BCUT2D eigenvalue weighted by Crippen LogP contribution is 2.12. The Morgan fingerprint density at radius 1 is 0.909 bits per heavy atom. The van der Waals surface area contributed by atoms with Crippen molar-refractivity contribution in [2.24, 2.45) is 0 Å². The van der Waals surface area contributed by atoms with Crippen LogP contribution in [0.5, 0.6) is 5.75 Å². The molecular weight excluding hydrogens is 420 g/mol. The number of pyridine rings is 1. The highest BCUT2D eigenvalue weighted by atomic mass is 16.5. The van der Waals surface area contributed by atoms with Gasteiger partial charge in [-0.25, -0.2) is 4.98 Å². The smallest absolute Gasteiger partial charge is 0.318 e. The molecule has 0 saturated heterocycles. The number of nitrogens with one attached hydrogen (secondary N) is 1. The van der Waals surface area contributed by atoms with Gasteiger partial charge in [0.2, 0.25) is 5.91 Å². The van der Waals surface area contributed by atoms with Crippen molar-refractivity contribution >= 4 is 17.1 Å². The SMILES string of the molecule is CCOc1ccc(CNC(=O)Cn2c(=O)c(=O)n(Cc3ccccc3)c3ncccc32)cc1. The van der Waals surface area contributed by atoms with Gasteiger partial charge in [0, 0.05) is 12.7 Å². The van der Waals surface area contributed by atoms with E-state index in [1.165, 1.54) is 9.13 Å². The van der Waals surface area contributed by atoms with Gasteiger partial charge in [0.05, 0.1) is 18.7 Å². The first-order chi connectivity index (χ1) is 16.1. The van der Waals surface area contributed by atoms with E-state index >= 15 is 0 Å². The quantitative estimate of drug-likeness (QED) is 0.421. The minimum atomic E-state index is -0.761. The fourth-order valence-electron chi connectivity index (χ4n) is 3.58. The van der Waals surface area contributed by atoms with Crippen molar-refractivity contribution in [3.8, 4) is 5.75 Å². The molecule has 0 aliphatic carbocycles. The fraction of sp³-hybridized carbons (Fsp3) is 0.200. The molecule has 0 saturated carbocycles. The van der Waals surface area contributed by atoms with E-state index in [0.717, 1.165) is 16.9 Å². The number of amides is 1. The number of carbonyl (C=O) groups excluding carboxylic acids is 1. The number of ether oxygens (including phenoxy) is 1. The Morgan fingerprint density at radius 2 is 1.64 bits per heavy atom. The lowest BCUT2D eigenvalue weighted by Crippen LogP contribution is -2.44. The first-order valence-electron chi connectivity index (χ1n) is 10.7. The third-order valence-corrected chi connectivity index (χ3v) is 5.20. The van der Waals surface area contributed by atoms with Crippen LogP contribution in [0, 0.1) is 0 Å². The number of rotatable bonds is 8. The Labute approximate surface area is 190 Å². The summed E-state index contributed by atoms with van der Waals surface area (Å²) in [5.41, 5.74) is 1.06. The van der Waals surface area contributed by atoms with E-state index in [9.17, 15) is 14.4 Å². The van der Waals surface area contributed by atoms with Crippen LogP contribution < -0.4 is 21.2 Å². The van der Waals surface area contributed by atoms with Gasteiger partial charge in [-0.15, -0.1) is 0 Å². The first-order valence-corrected chi connectivity index (χ1v) is 10.7. The number of nitrogens with zero attached hydrogens (tertiary/aromatic N) is 3. The first kappa shape index (κ1) is 22.0. The number of benzene rings is 2. The predicted molar refractivity (Wildman–Crippen MR) is 125 cm³/mol. The van der Waals surface area contributed by atoms with Gasteiger partial charge < -0.3 is 10.1 Å². The molecule has 4 aromatic rings. The summed E-state index contributed by atoms with van der Waals surface area (Å²) < 4.78 is 7.94. The third-order valence-electron chi connectivity index (χ3n) is 5.20. The predicted octanol–water partition coefficient (Wildman–Crippen LogP) is 2.32. The highest BCUT2D eigenvalue weighted by Gasteiger charge is 2.16. The molecule has 168 valence electrons. The van der Waals surface area contributed by atoms with Crippen molar-refractivity contribution in [2.75, 3.05) is 6.61 Å². The number of carbonyl (C=O) groups is 1. The van der Waals surface area contributed by atoms with Crippen LogP contribution in [0.15, 0.2) is 82.5 Å². The Hall–Kier alpha value is -4.20. The van der Waals surface area contributed by atoms with Crippen molar-refractivity contribution < 1.29 is 9.53 Å². The molecule has 1 N–H and O–H groups in total. The van der Waals surface area contributed by atoms with E-state index < -0.39 is 11.1 Å². The van der Waals surface area contributed by atoms with Crippen LogP contribution in [-0.4, -0.2) is 26.6 Å². The lowest BCUT2D eigenvalue weighted by atomic mass is 10.2. The maximum Gasteiger partial charge on any atom is 0.318 e. The molecule has 0 fully saturated rings. The molecule has 0 spiro atoms. The Balaban J connectivity index is 1.57. The number of hydrogen-bond donors (Lipinski definition) is 1. The van der Waals surface area contributed by atoms with E-state index in [0.29, 0.717) is 24.3 Å². The molecule has 0 aliphatic rings. The van der Waals surface area contributed by atoms with Crippen LogP contribution >= 0.6 is 0 Å². The lowest BCUT2D eigenvalue weighted by molar-refractivity contribution is -0.121. The van der Waals surface area contributed by atoms with Crippen molar-refractivity contribution in [1.82, 2.24) is 19.4 Å². The number of aromatic nitrogens is 3. The van der Waals surface area contributed by atoms with Crippen molar-refractivity contribution in [3.05, 3.63) is 105 Å². The van der Waals surface area contributed by atoms with Gasteiger partial charge in [0.25, 0.3) is 0 Å². The molecule has 1 amide bonds. The van der Waals surface area contributed by atoms with Crippen LogP contribution in [0.25, 0.3) is 11.2 Å². The molecule has 4 rings (SSSR count). The standard InChI is InChI=1S/C25H24N4O4/c1-2-33-20-12-10-18(11-13-20)15-27-22(30)17-28-21-9-6-14-26-23(21)29(25(32)24(28)31)16-19-7-4-3-5-8-19/h3-14H,2,15-17H2,1H3,(H,27,30). The van der Waals surface area contributed by atoms with E-state index in [2.05, 4.69) is 10.3 Å². The summed E-state index contributed by atoms with van der Waals surface area (Å²) in [5, 5.41) is 2.80. The van der Waals surface area contributed by atoms with Gasteiger partial charge in [-0.05, 0) is 42.3 Å². The van der Waals surface area contributed by atoms with Gasteiger partial charge in [0.1, 0.15) is 12.3 Å². The third kappa shape index (κ3) is 5.01. The topological polar surface area (TPSA) is 95.2 Å². The molecule has 0 aliphatic heterocycles. The average Bonchev–Trinajstić information content (AvgIpc) is 2.85. The molecule has 0 bridgehead atoms. The summed E-state index contributed by atoms with van der Waals surface area (Å²) in [5.74, 6) is 0.380. The zero-order valence-electron chi connectivity index (χ0n) is 18.2. The molecule has 0 unspecified atom stereocenters. The summed E-state index contributed by atoms with van der Waals surface area (Å²) in [6.07, 6.45) is 1.56. The Kier molecular flexibility index (Phi) is 6.64. The summed E-state index contributed by atoms with van der Waals surface area (Å²) in [7, 11) is 0. The largest absolute Gasteiger partial charge is 0.494 e. The zero-order chi connectivity index (χ0) is 23.2. The van der Waals surface area contributed by atoms with Gasteiger partial charge in [0.15, 0.2) is 5.65 Å². The molecule has 8 heteroatoms. The molecule has 0 atom stereocenters. The zero-order valence-corrected chi connectivity index (χ0v) is 18.2. The molecule has 0 radical (unpaired) electrons. The maximum atomic E-state index is 12.9. The van der Waals surface area contributed by atoms with Gasteiger partial charge in [-0.1, -0.05) is 42.5 Å². The van der Waals surface area contributed by atoms with E-state index in [1.54, 1.807) is 18.3 Å². The second-order valence-corrected chi connectivity index (χ2v) is 7.47. The molecular formula is C25H24N4O4. The van der Waals surface area contributed by atoms with Crippen molar-refractivity contribution in [3.63, 3.8) is 0 Å². The number of fused-ring (bicyclic) bond motifs is 1. The van der Waals surface area contributed by atoms with Crippen LogP contribution in [-0.2, 0) is 24.4 Å². The normalized spacial score (nSPS) is 10.8. The maximum absolute atomic E-state index is 12.9. The van der Waals surface area contributed by atoms with Crippen LogP contribution in [0.2, 0.25) is 0 Å². The second-order valence-electron chi connectivity index (χ2n) is 7.47. The van der Waals surface area contributed by atoms with Crippen molar-refractivity contribution in [2.45, 2.75) is 26.6 Å². The molecule has 8 nitrogen and oxygen atoms in total. The minimum Gasteiger partial charge on any atom is -0.494 e. The molecule has 2 aromatic heterocycles. The Morgan fingerprint density at radius 3 is 2.36 bits per heavy atom. The van der Waals surface area contributed by atoms with E-state index in [1.807, 2.05) is 61.5 Å². The summed E-state index contributed by atoms with van der Waals surface area (Å²) in [6.45, 7) is 2.72. The monoisotopic (exact) mass is 444 g/mol. The van der Waals surface area contributed by atoms with Gasteiger partial charge in [-0.2, -0.15) is 0 Å². The van der Waals surface area contributed by atoms with Crippen LogP contribution in [0.3, 0.4) is 0 Å². The highest BCUT2D eigenvalue weighted by molar-refractivity contribution is 5.78. The summed E-state index contributed by atoms with van der Waals surface area (Å²) in [4.78, 5) is 42.7. The van der Waals surface area contributed by atoms with Gasteiger partial charge >= 0.3 is 11.1 Å². The fourth-order valence-corrected chi connectivity index (χ4v) is 3.58. The second kappa shape index (κ2) is 9.95. The van der Waals surface area contributed by atoms with Crippen LogP contribution in [0.1, 0.15) is 18.1 Å². The molecule has 33 heavy (non-hydrogen) atoms. The molecule has 2 aromatic carbocycles. The Bertz CT molecular complexity index is 1380. The van der Waals surface area contributed by atoms with Gasteiger partial charge in [-0.3, -0.25) is 23.5 Å². The van der Waals surface area contributed by atoms with E-state index in [4.69, 9.17) is 4.74 Å². The van der Waals surface area contributed by atoms with E-state index in [-0.39, 0.29) is 19.0 Å². The van der Waals surface area contributed by atoms with Crippen LogP contribution in [0.4, 0.5) is 0 Å². The molecule has 2 heterocycles. The summed E-state index contributed by atoms with van der Waals surface area (Å²) >= 11 is 0. The average molecular weight is 444 g/mol. The minimum absolute atomic E-state index is 0.215. The lowest BCUT2D eigenvalue weighted by Gasteiger charge is -2.14. The van der Waals surface area contributed by atoms with Crippen molar-refractivity contribution in [1.29, 1.82) is 0 Å².